The van der Waals surface area contributed by atoms with E-state index in [9.17, 15) is 0 Å². The molecule has 1 unspecified atom stereocenters. The van der Waals surface area contributed by atoms with Gasteiger partial charge in [-0.3, -0.25) is 0 Å². The van der Waals surface area contributed by atoms with Crippen LogP contribution >= 0.6 is 0 Å². The average molecular weight is 264 g/mol. The van der Waals surface area contributed by atoms with Crippen molar-refractivity contribution in [2.45, 2.75) is 25.3 Å². The predicted octanol–water partition coefficient (Wildman–Crippen LogP) is 1.67. The van der Waals surface area contributed by atoms with Gasteiger partial charge in [-0.1, -0.05) is 0 Å². The van der Waals surface area contributed by atoms with E-state index in [0.29, 0.717) is 0 Å². The molecule has 1 saturated heterocycles. The number of ether oxygens (including phenoxy) is 2. The first-order chi connectivity index (χ1) is 9.22. The van der Waals surface area contributed by atoms with E-state index in [1.165, 1.54) is 25.9 Å². The van der Waals surface area contributed by atoms with Crippen molar-refractivity contribution in [1.29, 1.82) is 0 Å². The van der Waals surface area contributed by atoms with Gasteiger partial charge >= 0.3 is 0 Å². The van der Waals surface area contributed by atoms with E-state index >= 15 is 0 Å². The Labute approximate surface area is 115 Å². The van der Waals surface area contributed by atoms with Gasteiger partial charge in [0.1, 0.15) is 11.5 Å². The van der Waals surface area contributed by atoms with Gasteiger partial charge in [0.25, 0.3) is 0 Å². The monoisotopic (exact) mass is 264 g/mol. The molecule has 1 fully saturated rings. The molecular weight excluding hydrogens is 240 g/mol. The molecule has 1 aliphatic heterocycles. The normalized spacial score (nSPS) is 17.4. The third-order valence-electron chi connectivity index (χ3n) is 3.66. The summed E-state index contributed by atoms with van der Waals surface area (Å²) in [5, 5.41) is 0. The molecule has 1 atom stereocenters. The Hall–Kier alpha value is -1.26. The average Bonchev–Trinajstić information content (AvgIpc) is 2.91. The number of hydrogen-bond donors (Lipinski definition) is 1. The van der Waals surface area contributed by atoms with Gasteiger partial charge in [0, 0.05) is 12.6 Å². The van der Waals surface area contributed by atoms with E-state index in [-0.39, 0.29) is 6.04 Å². The first kappa shape index (κ1) is 14.2. The first-order valence-corrected chi connectivity index (χ1v) is 6.91. The number of rotatable bonds is 6. The van der Waals surface area contributed by atoms with Crippen molar-refractivity contribution in [2.24, 2.45) is 5.73 Å². The fourth-order valence-corrected chi connectivity index (χ4v) is 2.69. The van der Waals surface area contributed by atoms with Crippen molar-refractivity contribution < 1.29 is 9.47 Å². The van der Waals surface area contributed by atoms with E-state index in [1.54, 1.807) is 14.2 Å². The number of benzene rings is 1. The van der Waals surface area contributed by atoms with Gasteiger partial charge in [0.2, 0.25) is 0 Å². The lowest BCUT2D eigenvalue weighted by Gasteiger charge is -2.21. The summed E-state index contributed by atoms with van der Waals surface area (Å²) in [6.45, 7) is 3.33. The Balaban J connectivity index is 1.99. The van der Waals surface area contributed by atoms with Crippen molar-refractivity contribution in [2.75, 3.05) is 33.9 Å². The lowest BCUT2D eigenvalue weighted by Crippen LogP contribution is -2.37. The summed E-state index contributed by atoms with van der Waals surface area (Å²) < 4.78 is 10.7. The van der Waals surface area contributed by atoms with Crippen LogP contribution in [0.1, 0.15) is 18.4 Å². The molecule has 1 aliphatic rings. The molecule has 2 N–H and O–H groups in total. The molecule has 1 heterocycles. The van der Waals surface area contributed by atoms with Gasteiger partial charge in [-0.15, -0.1) is 0 Å². The van der Waals surface area contributed by atoms with Crippen LogP contribution in [0.5, 0.6) is 11.5 Å². The van der Waals surface area contributed by atoms with Crippen LogP contribution in [0.3, 0.4) is 0 Å². The molecular formula is C15H24N2O2. The minimum absolute atomic E-state index is 0.138. The lowest BCUT2D eigenvalue weighted by molar-refractivity contribution is 0.311. The van der Waals surface area contributed by atoms with Crippen LogP contribution in [-0.4, -0.2) is 44.8 Å². The summed E-state index contributed by atoms with van der Waals surface area (Å²) in [4.78, 5) is 2.44. The Morgan fingerprint density at radius 3 is 2.58 bits per heavy atom. The Bertz CT molecular complexity index is 403. The fourth-order valence-electron chi connectivity index (χ4n) is 2.69. The largest absolute Gasteiger partial charge is 0.497 e. The second-order valence-corrected chi connectivity index (χ2v) is 5.15. The fraction of sp³-hybridized carbons (Fsp3) is 0.600. The summed E-state index contributed by atoms with van der Waals surface area (Å²) in [6.07, 6.45) is 3.42. The number of nitrogens with two attached hydrogens (primary N) is 1. The highest BCUT2D eigenvalue weighted by atomic mass is 16.5. The minimum Gasteiger partial charge on any atom is -0.497 e. The maximum absolute atomic E-state index is 6.26. The number of hydrogen-bond acceptors (Lipinski definition) is 4. The first-order valence-electron chi connectivity index (χ1n) is 6.91. The lowest BCUT2D eigenvalue weighted by atomic mass is 10.0. The van der Waals surface area contributed by atoms with E-state index < -0.39 is 0 Å². The zero-order valence-corrected chi connectivity index (χ0v) is 11.9. The molecule has 1 aromatic rings. The molecule has 4 heteroatoms. The van der Waals surface area contributed by atoms with Gasteiger partial charge in [-0.2, -0.15) is 0 Å². The third-order valence-corrected chi connectivity index (χ3v) is 3.66. The van der Waals surface area contributed by atoms with Gasteiger partial charge in [0.15, 0.2) is 0 Å². The van der Waals surface area contributed by atoms with Crippen LogP contribution in [0.15, 0.2) is 18.2 Å². The molecule has 0 amide bonds. The molecule has 0 aromatic heterocycles. The topological polar surface area (TPSA) is 47.7 Å². The Morgan fingerprint density at radius 1 is 1.21 bits per heavy atom. The summed E-state index contributed by atoms with van der Waals surface area (Å²) in [7, 11) is 3.37. The smallest absolute Gasteiger partial charge is 0.122 e. The Kier molecular flexibility index (Phi) is 5.05. The molecule has 19 heavy (non-hydrogen) atoms. The van der Waals surface area contributed by atoms with Crippen LogP contribution < -0.4 is 15.2 Å². The van der Waals surface area contributed by atoms with Gasteiger partial charge in [0.05, 0.1) is 14.2 Å². The molecule has 0 bridgehead atoms. The molecule has 4 nitrogen and oxygen atoms in total. The summed E-state index contributed by atoms with van der Waals surface area (Å²) in [5.74, 6) is 1.74. The zero-order chi connectivity index (χ0) is 13.7. The molecule has 0 radical (unpaired) electrons. The highest BCUT2D eigenvalue weighted by Gasteiger charge is 2.16. The van der Waals surface area contributed by atoms with Gasteiger partial charge in [-0.05, 0) is 56.1 Å². The van der Waals surface area contributed by atoms with Crippen molar-refractivity contribution in [3.05, 3.63) is 23.8 Å². The van der Waals surface area contributed by atoms with Crippen LogP contribution in [0.2, 0.25) is 0 Å². The standard InChI is InChI=1S/C15H24N2O2/c1-18-14-5-6-15(19-2)12(10-14)9-13(16)11-17-7-3-4-8-17/h5-6,10,13H,3-4,7-9,11,16H2,1-2H3. The maximum atomic E-state index is 6.26. The molecule has 2 rings (SSSR count). The quantitative estimate of drug-likeness (QED) is 0.849. The van der Waals surface area contributed by atoms with Crippen molar-refractivity contribution in [1.82, 2.24) is 4.90 Å². The Morgan fingerprint density at radius 2 is 1.95 bits per heavy atom. The van der Waals surface area contributed by atoms with Crippen molar-refractivity contribution in [3.63, 3.8) is 0 Å². The molecule has 0 saturated carbocycles. The summed E-state index contributed by atoms with van der Waals surface area (Å²) in [6, 6.07) is 6.01. The second-order valence-electron chi connectivity index (χ2n) is 5.15. The van der Waals surface area contributed by atoms with Gasteiger partial charge in [-0.25, -0.2) is 0 Å². The van der Waals surface area contributed by atoms with Crippen LogP contribution in [0, 0.1) is 0 Å². The van der Waals surface area contributed by atoms with E-state index in [4.69, 9.17) is 15.2 Å². The van der Waals surface area contributed by atoms with E-state index in [0.717, 1.165) is 30.0 Å². The summed E-state index contributed by atoms with van der Waals surface area (Å²) in [5.41, 5.74) is 7.38. The number of likely N-dealkylation sites (tertiary alicyclic amines) is 1. The highest BCUT2D eigenvalue weighted by Crippen LogP contribution is 2.25. The number of methoxy groups -OCH3 is 2. The van der Waals surface area contributed by atoms with Crippen LogP contribution in [0.4, 0.5) is 0 Å². The van der Waals surface area contributed by atoms with Crippen molar-refractivity contribution >= 4 is 0 Å². The summed E-state index contributed by atoms with van der Waals surface area (Å²) >= 11 is 0. The molecule has 0 spiro atoms. The third kappa shape index (κ3) is 3.85. The second kappa shape index (κ2) is 6.78. The highest BCUT2D eigenvalue weighted by molar-refractivity contribution is 5.40. The molecule has 106 valence electrons. The van der Waals surface area contributed by atoms with Crippen molar-refractivity contribution in [3.8, 4) is 11.5 Å². The van der Waals surface area contributed by atoms with Crippen LogP contribution in [0.25, 0.3) is 0 Å². The zero-order valence-electron chi connectivity index (χ0n) is 11.9. The SMILES string of the molecule is COc1ccc(OC)c(CC(N)CN2CCCC2)c1. The number of nitrogens with zero attached hydrogens (tertiary/aromatic N) is 1. The molecule has 1 aromatic carbocycles. The predicted molar refractivity (Wildman–Crippen MR) is 76.9 cm³/mol. The minimum atomic E-state index is 0.138. The van der Waals surface area contributed by atoms with E-state index in [2.05, 4.69) is 4.90 Å². The molecule has 0 aliphatic carbocycles. The van der Waals surface area contributed by atoms with E-state index in [1.807, 2.05) is 18.2 Å². The van der Waals surface area contributed by atoms with Gasteiger partial charge < -0.3 is 20.1 Å². The maximum Gasteiger partial charge on any atom is 0.122 e. The van der Waals surface area contributed by atoms with Crippen LogP contribution in [-0.2, 0) is 6.42 Å².